The fourth-order valence-electron chi connectivity index (χ4n) is 1.01. The molecule has 12 heavy (non-hydrogen) atoms. The van der Waals surface area contributed by atoms with E-state index < -0.39 is 0 Å². The molecule has 2 heterocycles. The molecule has 0 aliphatic carbocycles. The Labute approximate surface area is 86.3 Å². The largest absolute Gasteiger partial charge is 0.253 e. The predicted octanol–water partition coefficient (Wildman–Crippen LogP) is 3.15. The average Bonchev–Trinajstić information content (AvgIpc) is 2.04. The zero-order chi connectivity index (χ0) is 8.55. The predicted molar refractivity (Wildman–Crippen MR) is 54.9 cm³/mol. The normalized spacial score (nSPS) is 10.5. The molecule has 0 amide bonds. The Kier molecular flexibility index (Phi) is 2.11. The van der Waals surface area contributed by atoms with Gasteiger partial charge in [-0.2, -0.15) is 0 Å². The lowest BCUT2D eigenvalue weighted by Crippen LogP contribution is -1.83. The van der Waals surface area contributed by atoms with Gasteiger partial charge in [-0.1, -0.05) is 6.07 Å². The van der Waals surface area contributed by atoms with Gasteiger partial charge in [0.25, 0.3) is 0 Å². The monoisotopic (exact) mass is 286 g/mol. The van der Waals surface area contributed by atoms with Crippen molar-refractivity contribution < 1.29 is 0 Å². The maximum atomic E-state index is 4.19. The van der Waals surface area contributed by atoms with Gasteiger partial charge in [-0.3, -0.25) is 4.98 Å². The van der Waals surface area contributed by atoms with Gasteiger partial charge >= 0.3 is 0 Å². The molecule has 0 saturated carbocycles. The van der Waals surface area contributed by atoms with Gasteiger partial charge < -0.3 is 0 Å². The summed E-state index contributed by atoms with van der Waals surface area (Å²) in [5, 5.41) is 1.08. The SMILES string of the molecule is Brc1cc2cccnc2c(Br)n1. The van der Waals surface area contributed by atoms with E-state index in [0.29, 0.717) is 0 Å². The summed E-state index contributed by atoms with van der Waals surface area (Å²) >= 11 is 6.66. The minimum absolute atomic E-state index is 0.771. The highest BCUT2D eigenvalue weighted by Gasteiger charge is 2.01. The van der Waals surface area contributed by atoms with Crippen molar-refractivity contribution in [1.82, 2.24) is 9.97 Å². The number of aromatic nitrogens is 2. The molecule has 60 valence electrons. The molecule has 2 aromatic rings. The van der Waals surface area contributed by atoms with E-state index in [1.54, 1.807) is 6.20 Å². The van der Waals surface area contributed by atoms with Crippen LogP contribution in [-0.2, 0) is 0 Å². The average molecular weight is 288 g/mol. The summed E-state index contributed by atoms with van der Waals surface area (Å²) in [5.74, 6) is 0. The molecule has 2 rings (SSSR count). The van der Waals surface area contributed by atoms with Crippen molar-refractivity contribution in [2.75, 3.05) is 0 Å². The molecular weight excluding hydrogens is 284 g/mol. The Balaban J connectivity index is 2.89. The highest BCUT2D eigenvalue weighted by atomic mass is 79.9. The molecule has 0 aliphatic rings. The van der Waals surface area contributed by atoms with Crippen LogP contribution in [0.1, 0.15) is 0 Å². The standard InChI is InChI=1S/C8H4Br2N2/c9-6-4-5-2-1-3-11-7(5)8(10)12-6/h1-4H. The van der Waals surface area contributed by atoms with Gasteiger partial charge in [0.05, 0.1) is 0 Å². The number of rotatable bonds is 0. The number of nitrogens with zero attached hydrogens (tertiary/aromatic N) is 2. The molecule has 2 nitrogen and oxygen atoms in total. The smallest absolute Gasteiger partial charge is 0.133 e. The number of halogens is 2. The molecular formula is C8H4Br2N2. The third kappa shape index (κ3) is 1.36. The van der Waals surface area contributed by atoms with Gasteiger partial charge in [0.2, 0.25) is 0 Å². The fourth-order valence-corrected chi connectivity index (χ4v) is 2.20. The van der Waals surface area contributed by atoms with Crippen LogP contribution < -0.4 is 0 Å². The van der Waals surface area contributed by atoms with Crippen LogP contribution in [0.25, 0.3) is 10.9 Å². The summed E-state index contributed by atoms with van der Waals surface area (Å²) in [6, 6.07) is 5.84. The number of hydrogen-bond donors (Lipinski definition) is 0. The second kappa shape index (κ2) is 3.11. The van der Waals surface area contributed by atoms with Crippen LogP contribution in [0.4, 0.5) is 0 Å². The molecule has 0 N–H and O–H groups in total. The van der Waals surface area contributed by atoms with Gasteiger partial charge in [0, 0.05) is 11.6 Å². The highest BCUT2D eigenvalue weighted by Crippen LogP contribution is 2.22. The Bertz CT molecular complexity index is 428. The second-order valence-corrected chi connectivity index (χ2v) is 3.87. The van der Waals surface area contributed by atoms with E-state index in [1.165, 1.54) is 0 Å². The Morgan fingerprint density at radius 3 is 2.92 bits per heavy atom. The summed E-state index contributed by atoms with van der Waals surface area (Å²) in [6.45, 7) is 0. The van der Waals surface area contributed by atoms with Crippen LogP contribution >= 0.6 is 31.9 Å². The maximum Gasteiger partial charge on any atom is 0.133 e. The molecule has 0 unspecified atom stereocenters. The third-order valence-corrected chi connectivity index (χ3v) is 2.47. The Morgan fingerprint density at radius 2 is 2.08 bits per heavy atom. The third-order valence-electron chi connectivity index (χ3n) is 1.51. The quantitative estimate of drug-likeness (QED) is 0.696. The van der Waals surface area contributed by atoms with Crippen LogP contribution in [0.2, 0.25) is 0 Å². The molecule has 4 heteroatoms. The first-order valence-electron chi connectivity index (χ1n) is 3.34. The Hall–Kier alpha value is -0.480. The minimum Gasteiger partial charge on any atom is -0.253 e. The van der Waals surface area contributed by atoms with E-state index in [2.05, 4.69) is 41.8 Å². The van der Waals surface area contributed by atoms with E-state index >= 15 is 0 Å². The maximum absolute atomic E-state index is 4.19. The molecule has 0 spiro atoms. The first-order chi connectivity index (χ1) is 5.77. The highest BCUT2D eigenvalue weighted by molar-refractivity contribution is 9.11. The summed E-state index contributed by atoms with van der Waals surface area (Å²) in [4.78, 5) is 8.36. The van der Waals surface area contributed by atoms with Gasteiger partial charge in [-0.05, 0) is 44.0 Å². The van der Waals surface area contributed by atoms with Crippen LogP contribution in [0.3, 0.4) is 0 Å². The molecule has 0 saturated heterocycles. The van der Waals surface area contributed by atoms with Crippen molar-refractivity contribution in [3.05, 3.63) is 33.6 Å². The van der Waals surface area contributed by atoms with Crippen molar-refractivity contribution in [2.45, 2.75) is 0 Å². The van der Waals surface area contributed by atoms with Gasteiger partial charge in [-0.25, -0.2) is 4.98 Å². The van der Waals surface area contributed by atoms with Gasteiger partial charge in [0.15, 0.2) is 0 Å². The molecule has 0 aromatic carbocycles. The molecule has 0 radical (unpaired) electrons. The fraction of sp³-hybridized carbons (Fsp3) is 0. The summed E-state index contributed by atoms with van der Waals surface area (Å²) in [7, 11) is 0. The van der Waals surface area contributed by atoms with E-state index in [4.69, 9.17) is 0 Å². The lowest BCUT2D eigenvalue weighted by atomic mass is 10.3. The zero-order valence-electron chi connectivity index (χ0n) is 5.96. The van der Waals surface area contributed by atoms with Crippen molar-refractivity contribution in [2.24, 2.45) is 0 Å². The van der Waals surface area contributed by atoms with Crippen LogP contribution in [-0.4, -0.2) is 9.97 Å². The van der Waals surface area contributed by atoms with Crippen LogP contribution in [0.15, 0.2) is 33.6 Å². The van der Waals surface area contributed by atoms with Crippen LogP contribution in [0, 0.1) is 0 Å². The van der Waals surface area contributed by atoms with E-state index in [1.807, 2.05) is 18.2 Å². The zero-order valence-corrected chi connectivity index (χ0v) is 9.13. The van der Waals surface area contributed by atoms with Crippen LogP contribution in [0.5, 0.6) is 0 Å². The molecule has 0 fully saturated rings. The molecule has 0 atom stereocenters. The van der Waals surface area contributed by atoms with Crippen molar-refractivity contribution >= 4 is 42.8 Å². The minimum atomic E-state index is 0.771. The van der Waals surface area contributed by atoms with E-state index in [-0.39, 0.29) is 0 Å². The van der Waals surface area contributed by atoms with E-state index in [0.717, 1.165) is 20.1 Å². The summed E-state index contributed by atoms with van der Waals surface area (Å²) < 4.78 is 1.59. The molecule has 0 aliphatic heterocycles. The lowest BCUT2D eigenvalue weighted by molar-refractivity contribution is 1.23. The first-order valence-corrected chi connectivity index (χ1v) is 4.93. The number of hydrogen-bond acceptors (Lipinski definition) is 2. The van der Waals surface area contributed by atoms with Crippen molar-refractivity contribution in [3.8, 4) is 0 Å². The van der Waals surface area contributed by atoms with Gasteiger partial charge in [0.1, 0.15) is 14.7 Å². The lowest BCUT2D eigenvalue weighted by Gasteiger charge is -1.98. The summed E-state index contributed by atoms with van der Waals surface area (Å²) in [6.07, 6.45) is 1.75. The number of fused-ring (bicyclic) bond motifs is 1. The van der Waals surface area contributed by atoms with Crippen molar-refractivity contribution in [1.29, 1.82) is 0 Å². The van der Waals surface area contributed by atoms with Crippen molar-refractivity contribution in [3.63, 3.8) is 0 Å². The number of pyridine rings is 2. The molecule has 2 aromatic heterocycles. The van der Waals surface area contributed by atoms with Gasteiger partial charge in [-0.15, -0.1) is 0 Å². The first kappa shape index (κ1) is 8.13. The topological polar surface area (TPSA) is 25.8 Å². The summed E-state index contributed by atoms with van der Waals surface area (Å²) in [5.41, 5.74) is 0.890. The second-order valence-electron chi connectivity index (χ2n) is 2.31. The van der Waals surface area contributed by atoms with E-state index in [9.17, 15) is 0 Å². The molecule has 0 bridgehead atoms. The Morgan fingerprint density at radius 1 is 1.25 bits per heavy atom.